The number of benzene rings is 1. The van der Waals surface area contributed by atoms with Crippen molar-refractivity contribution < 1.29 is 4.39 Å². The summed E-state index contributed by atoms with van der Waals surface area (Å²) in [6.07, 6.45) is 1.88. The highest BCUT2D eigenvalue weighted by Crippen LogP contribution is 2.26. The molecule has 1 heterocycles. The molecule has 0 N–H and O–H groups in total. The van der Waals surface area contributed by atoms with Crippen LogP contribution in [0.15, 0.2) is 36.5 Å². The van der Waals surface area contributed by atoms with Crippen molar-refractivity contribution in [3.8, 4) is 17.3 Å². The van der Waals surface area contributed by atoms with E-state index >= 15 is 0 Å². The molecule has 0 unspecified atom stereocenters. The Morgan fingerprint density at radius 3 is 2.59 bits per heavy atom. The van der Waals surface area contributed by atoms with E-state index in [4.69, 9.17) is 16.9 Å². The predicted molar refractivity (Wildman–Crippen MR) is 64.0 cm³/mol. The van der Waals surface area contributed by atoms with Gasteiger partial charge in [0.05, 0.1) is 23.2 Å². The lowest BCUT2D eigenvalue weighted by Crippen LogP contribution is -1.89. The van der Waals surface area contributed by atoms with Gasteiger partial charge in [0.2, 0.25) is 0 Å². The van der Waals surface area contributed by atoms with Gasteiger partial charge < -0.3 is 0 Å². The molecule has 2 aromatic rings. The van der Waals surface area contributed by atoms with Crippen molar-refractivity contribution in [1.82, 2.24) is 4.98 Å². The van der Waals surface area contributed by atoms with Crippen LogP contribution in [0.25, 0.3) is 11.3 Å². The van der Waals surface area contributed by atoms with Gasteiger partial charge in [-0.3, -0.25) is 4.98 Å². The highest BCUT2D eigenvalue weighted by Gasteiger charge is 2.06. The molecule has 1 aromatic heterocycles. The molecule has 0 saturated carbocycles. The maximum Gasteiger partial charge on any atom is 0.123 e. The molecule has 0 aliphatic rings. The molecule has 17 heavy (non-hydrogen) atoms. The summed E-state index contributed by atoms with van der Waals surface area (Å²) in [6, 6.07) is 9.69. The quantitative estimate of drug-likeness (QED) is 0.812. The number of nitrogens with zero attached hydrogens (tertiary/aromatic N) is 2. The smallest absolute Gasteiger partial charge is 0.123 e. The summed E-state index contributed by atoms with van der Waals surface area (Å²) in [5.74, 6) is -0.300. The normalized spacial score (nSPS) is 9.94. The molecule has 0 bridgehead atoms. The highest BCUT2D eigenvalue weighted by atomic mass is 35.5. The third kappa shape index (κ3) is 2.61. The third-order valence-corrected chi connectivity index (χ3v) is 2.59. The molecule has 4 heteroatoms. The van der Waals surface area contributed by atoms with Crippen LogP contribution < -0.4 is 0 Å². The number of pyridine rings is 1. The second-order valence-corrected chi connectivity index (χ2v) is 3.92. The van der Waals surface area contributed by atoms with Gasteiger partial charge in [-0.1, -0.05) is 11.6 Å². The fraction of sp³-hybridized carbons (Fsp3) is 0.0769. The zero-order chi connectivity index (χ0) is 12.3. The number of aromatic nitrogens is 1. The van der Waals surface area contributed by atoms with Gasteiger partial charge >= 0.3 is 0 Å². The Morgan fingerprint density at radius 1 is 1.29 bits per heavy atom. The van der Waals surface area contributed by atoms with Gasteiger partial charge in [-0.2, -0.15) is 5.26 Å². The van der Waals surface area contributed by atoms with Crippen molar-refractivity contribution in [2.24, 2.45) is 0 Å². The third-order valence-electron chi connectivity index (χ3n) is 2.30. The molecular weight excluding hydrogens is 239 g/mol. The van der Waals surface area contributed by atoms with Crippen molar-refractivity contribution in [1.29, 1.82) is 5.26 Å². The highest BCUT2D eigenvalue weighted by molar-refractivity contribution is 6.33. The Kier molecular flexibility index (Phi) is 3.36. The molecule has 2 nitrogen and oxygen atoms in total. The zero-order valence-electron chi connectivity index (χ0n) is 8.82. The number of nitriles is 1. The Balaban J connectivity index is 2.40. The molecule has 1 aromatic carbocycles. The molecule has 0 atom stereocenters. The lowest BCUT2D eigenvalue weighted by atomic mass is 10.1. The molecule has 2 rings (SSSR count). The van der Waals surface area contributed by atoms with E-state index in [0.717, 1.165) is 11.1 Å². The monoisotopic (exact) mass is 246 g/mol. The molecule has 0 aliphatic carbocycles. The molecule has 0 amide bonds. The number of rotatable bonds is 2. The van der Waals surface area contributed by atoms with Crippen molar-refractivity contribution in [3.05, 3.63) is 52.9 Å². The molecule has 0 fully saturated rings. The van der Waals surface area contributed by atoms with Crippen molar-refractivity contribution in [2.45, 2.75) is 6.42 Å². The Morgan fingerprint density at radius 2 is 2.00 bits per heavy atom. The zero-order valence-corrected chi connectivity index (χ0v) is 9.58. The van der Waals surface area contributed by atoms with Crippen LogP contribution in [0, 0.1) is 17.1 Å². The van der Waals surface area contributed by atoms with Crippen LogP contribution in [-0.2, 0) is 6.42 Å². The van der Waals surface area contributed by atoms with Crippen LogP contribution >= 0.6 is 11.6 Å². The van der Waals surface area contributed by atoms with Crippen LogP contribution in [-0.4, -0.2) is 4.98 Å². The molecule has 0 saturated heterocycles. The summed E-state index contributed by atoms with van der Waals surface area (Å²) in [4.78, 5) is 4.19. The van der Waals surface area contributed by atoms with Gasteiger partial charge in [0, 0.05) is 11.8 Å². The first-order valence-electron chi connectivity index (χ1n) is 4.98. The van der Waals surface area contributed by atoms with Crippen LogP contribution in [0.3, 0.4) is 0 Å². The Bertz CT molecular complexity index is 573. The van der Waals surface area contributed by atoms with Gasteiger partial charge in [0.25, 0.3) is 0 Å². The summed E-state index contributed by atoms with van der Waals surface area (Å²) < 4.78 is 12.8. The number of halogens is 2. The van der Waals surface area contributed by atoms with E-state index in [1.807, 2.05) is 6.07 Å². The van der Waals surface area contributed by atoms with Crippen molar-refractivity contribution in [2.75, 3.05) is 0 Å². The van der Waals surface area contributed by atoms with Gasteiger partial charge in [-0.25, -0.2) is 4.39 Å². The Hall–Kier alpha value is -1.92. The van der Waals surface area contributed by atoms with Crippen LogP contribution in [0.2, 0.25) is 5.02 Å². The van der Waals surface area contributed by atoms with E-state index in [9.17, 15) is 4.39 Å². The summed E-state index contributed by atoms with van der Waals surface area (Å²) in [6.45, 7) is 0. The second-order valence-electron chi connectivity index (χ2n) is 3.52. The standard InChI is InChI=1S/C13H8ClFN2/c14-12-7-9(5-6-16)8-17-13(12)10-1-3-11(15)4-2-10/h1-4,7-8H,5H2. The molecule has 0 aliphatic heterocycles. The van der Waals surface area contributed by atoms with Crippen molar-refractivity contribution >= 4 is 11.6 Å². The minimum Gasteiger partial charge on any atom is -0.254 e. The molecule has 84 valence electrons. The van der Waals surface area contributed by atoms with Gasteiger partial charge in [0.1, 0.15) is 5.82 Å². The average molecular weight is 247 g/mol. The maximum atomic E-state index is 12.8. The average Bonchev–Trinajstić information content (AvgIpc) is 2.31. The first kappa shape index (κ1) is 11.6. The fourth-order valence-electron chi connectivity index (χ4n) is 1.49. The minimum absolute atomic E-state index is 0.274. The van der Waals surface area contributed by atoms with E-state index in [1.165, 1.54) is 12.1 Å². The summed E-state index contributed by atoms with van der Waals surface area (Å²) in [5, 5.41) is 9.03. The second kappa shape index (κ2) is 4.94. The summed E-state index contributed by atoms with van der Waals surface area (Å²) >= 11 is 6.07. The Labute approximate surface area is 103 Å². The molecule has 0 radical (unpaired) electrons. The fourth-order valence-corrected chi connectivity index (χ4v) is 1.78. The number of hydrogen-bond acceptors (Lipinski definition) is 2. The van der Waals surface area contributed by atoms with Gasteiger partial charge in [0.15, 0.2) is 0 Å². The van der Waals surface area contributed by atoms with Gasteiger partial charge in [-0.15, -0.1) is 0 Å². The SMILES string of the molecule is N#CCc1cnc(-c2ccc(F)cc2)c(Cl)c1. The van der Waals surface area contributed by atoms with Crippen LogP contribution in [0.4, 0.5) is 4.39 Å². The van der Waals surface area contributed by atoms with E-state index in [2.05, 4.69) is 4.98 Å². The van der Waals surface area contributed by atoms with E-state index in [0.29, 0.717) is 10.7 Å². The molecule has 0 spiro atoms. The summed E-state index contributed by atoms with van der Waals surface area (Å²) in [5.41, 5.74) is 2.11. The predicted octanol–water partition coefficient (Wildman–Crippen LogP) is 3.61. The first-order chi connectivity index (χ1) is 8.20. The summed E-state index contributed by atoms with van der Waals surface area (Å²) in [7, 11) is 0. The topological polar surface area (TPSA) is 36.7 Å². The van der Waals surface area contributed by atoms with Gasteiger partial charge in [-0.05, 0) is 35.9 Å². The lowest BCUT2D eigenvalue weighted by Gasteiger charge is -2.04. The van der Waals surface area contributed by atoms with Crippen LogP contribution in [0.5, 0.6) is 0 Å². The van der Waals surface area contributed by atoms with E-state index in [-0.39, 0.29) is 12.2 Å². The first-order valence-corrected chi connectivity index (χ1v) is 5.36. The largest absolute Gasteiger partial charge is 0.254 e. The molecular formula is C13H8ClFN2. The van der Waals surface area contributed by atoms with Crippen LogP contribution in [0.1, 0.15) is 5.56 Å². The van der Waals surface area contributed by atoms with E-state index in [1.54, 1.807) is 24.4 Å². The van der Waals surface area contributed by atoms with E-state index < -0.39 is 0 Å². The maximum absolute atomic E-state index is 12.8. The number of hydrogen-bond donors (Lipinski definition) is 0. The minimum atomic E-state index is -0.300. The lowest BCUT2D eigenvalue weighted by molar-refractivity contribution is 0.628. The van der Waals surface area contributed by atoms with Crippen molar-refractivity contribution in [3.63, 3.8) is 0 Å².